The summed E-state index contributed by atoms with van der Waals surface area (Å²) in [6, 6.07) is 9.44. The smallest absolute Gasteiger partial charge is 0.284 e. The first-order valence-electron chi connectivity index (χ1n) is 8.65. The van der Waals surface area contributed by atoms with Crippen LogP contribution >= 0.6 is 11.8 Å². The number of likely N-dealkylation sites (N-methyl/N-ethyl adjacent to an activating group) is 1. The molecule has 2 aromatic carbocycles. The maximum absolute atomic E-state index is 12.6. The molecule has 0 spiro atoms. The lowest BCUT2D eigenvalue weighted by atomic mass is 10.2. The molecule has 0 unspecified atom stereocenters. The predicted molar refractivity (Wildman–Crippen MR) is 116 cm³/mol. The third kappa shape index (κ3) is 4.70. The Bertz CT molecular complexity index is 1210. The molecule has 10 nitrogen and oxygen atoms in total. The van der Waals surface area contributed by atoms with E-state index in [0.717, 1.165) is 40.9 Å². The Morgan fingerprint density at radius 2 is 1.74 bits per heavy atom. The maximum Gasteiger partial charge on any atom is 0.284 e. The van der Waals surface area contributed by atoms with Crippen LogP contribution in [0.2, 0.25) is 0 Å². The standard InChI is InChI=1S/C19H17N3O7S2/c1-21-18(23)17(11-12-4-9-15(28-2)16(10-12)29-3)30-19(21)20-31(26,27)14-7-5-13(6-8-14)22(24)25/h4-11H,1-3H3/b17-11-,20-19-. The SMILES string of the molecule is COc1ccc(/C=C2\S/C(=N\S(=O)(=O)c3ccc([N+](=O)[O-])cc3)N(C)C2=O)cc1OC. The van der Waals surface area contributed by atoms with Gasteiger partial charge >= 0.3 is 0 Å². The van der Waals surface area contributed by atoms with Crippen molar-refractivity contribution in [1.29, 1.82) is 0 Å². The second-order valence-corrected chi connectivity index (χ2v) is 8.80. The number of thioether (sulfide) groups is 1. The molecule has 0 saturated carbocycles. The molecule has 1 saturated heterocycles. The van der Waals surface area contributed by atoms with E-state index >= 15 is 0 Å². The summed E-state index contributed by atoms with van der Waals surface area (Å²) >= 11 is 0.903. The molecule has 12 heteroatoms. The molecule has 0 bridgehead atoms. The Morgan fingerprint density at radius 1 is 1.10 bits per heavy atom. The molecular weight excluding hydrogens is 446 g/mol. The van der Waals surface area contributed by atoms with Gasteiger partial charge in [-0.2, -0.15) is 8.42 Å². The summed E-state index contributed by atoms with van der Waals surface area (Å²) < 4.78 is 39.3. The summed E-state index contributed by atoms with van der Waals surface area (Å²) in [5.41, 5.74) is 0.413. The highest BCUT2D eigenvalue weighted by Gasteiger charge is 2.32. The van der Waals surface area contributed by atoms with E-state index < -0.39 is 20.9 Å². The number of amides is 1. The van der Waals surface area contributed by atoms with Gasteiger partial charge < -0.3 is 9.47 Å². The first-order chi connectivity index (χ1) is 14.7. The van der Waals surface area contributed by atoms with Crippen molar-refractivity contribution in [1.82, 2.24) is 4.90 Å². The molecule has 1 fully saturated rings. The van der Waals surface area contributed by atoms with Crippen LogP contribution in [0.4, 0.5) is 5.69 Å². The van der Waals surface area contributed by atoms with Crippen LogP contribution in [-0.4, -0.2) is 50.6 Å². The molecule has 0 aliphatic carbocycles. The molecule has 162 valence electrons. The van der Waals surface area contributed by atoms with Crippen molar-refractivity contribution >= 4 is 44.6 Å². The Kier molecular flexibility index (Phi) is 6.32. The zero-order valence-electron chi connectivity index (χ0n) is 16.6. The minimum atomic E-state index is -4.17. The number of sulfonamides is 1. The Morgan fingerprint density at radius 3 is 2.32 bits per heavy atom. The lowest BCUT2D eigenvalue weighted by molar-refractivity contribution is -0.384. The van der Waals surface area contributed by atoms with E-state index in [4.69, 9.17) is 9.47 Å². The van der Waals surface area contributed by atoms with E-state index in [0.29, 0.717) is 17.1 Å². The van der Waals surface area contributed by atoms with Gasteiger partial charge in [-0.05, 0) is 47.7 Å². The number of non-ortho nitro benzene ring substituents is 1. The Labute approximate surface area is 182 Å². The minimum Gasteiger partial charge on any atom is -0.493 e. The Hall–Kier alpha value is -3.38. The van der Waals surface area contributed by atoms with Gasteiger partial charge in [0.25, 0.3) is 21.6 Å². The van der Waals surface area contributed by atoms with Gasteiger partial charge in [-0.15, -0.1) is 4.40 Å². The summed E-state index contributed by atoms with van der Waals surface area (Å²) in [6.45, 7) is 0. The molecule has 0 radical (unpaired) electrons. The third-order valence-electron chi connectivity index (χ3n) is 4.25. The van der Waals surface area contributed by atoms with Gasteiger partial charge in [0.15, 0.2) is 16.7 Å². The van der Waals surface area contributed by atoms with Crippen LogP contribution in [0.15, 0.2) is 56.7 Å². The summed E-state index contributed by atoms with van der Waals surface area (Å²) in [7, 11) is 0.241. The molecule has 0 aromatic heterocycles. The van der Waals surface area contributed by atoms with E-state index in [2.05, 4.69) is 4.40 Å². The highest BCUT2D eigenvalue weighted by atomic mass is 32.2. The van der Waals surface area contributed by atoms with Crippen LogP contribution in [0.3, 0.4) is 0 Å². The number of ether oxygens (including phenoxy) is 2. The largest absolute Gasteiger partial charge is 0.493 e. The highest BCUT2D eigenvalue weighted by Crippen LogP contribution is 2.34. The fourth-order valence-corrected chi connectivity index (χ4v) is 4.82. The summed E-state index contributed by atoms with van der Waals surface area (Å²) in [6.07, 6.45) is 1.59. The number of carbonyl (C=O) groups is 1. The maximum atomic E-state index is 12.6. The van der Waals surface area contributed by atoms with E-state index in [1.54, 1.807) is 24.3 Å². The molecule has 31 heavy (non-hydrogen) atoms. The van der Waals surface area contributed by atoms with Gasteiger partial charge in [-0.25, -0.2) is 0 Å². The van der Waals surface area contributed by atoms with Crippen molar-refractivity contribution in [2.45, 2.75) is 4.90 Å². The van der Waals surface area contributed by atoms with Crippen molar-refractivity contribution < 1.29 is 27.6 Å². The molecule has 1 heterocycles. The third-order valence-corrected chi connectivity index (χ3v) is 6.71. The monoisotopic (exact) mass is 463 g/mol. The average molecular weight is 463 g/mol. The second-order valence-electron chi connectivity index (χ2n) is 6.19. The van der Waals surface area contributed by atoms with E-state index in [9.17, 15) is 23.3 Å². The van der Waals surface area contributed by atoms with Crippen molar-refractivity contribution in [2.24, 2.45) is 4.40 Å². The molecule has 2 aromatic rings. The molecule has 3 rings (SSSR count). The lowest BCUT2D eigenvalue weighted by Crippen LogP contribution is -2.24. The first kappa shape index (κ1) is 22.3. The average Bonchev–Trinajstić information content (AvgIpc) is 3.00. The van der Waals surface area contributed by atoms with Crippen molar-refractivity contribution in [3.63, 3.8) is 0 Å². The number of rotatable bonds is 6. The number of carbonyl (C=O) groups excluding carboxylic acids is 1. The summed E-state index contributed by atoms with van der Waals surface area (Å²) in [4.78, 5) is 23.9. The summed E-state index contributed by atoms with van der Waals surface area (Å²) in [5.74, 6) is 0.594. The van der Waals surface area contributed by atoms with Crippen molar-refractivity contribution in [3.8, 4) is 11.5 Å². The number of benzene rings is 2. The fraction of sp³-hybridized carbons (Fsp3) is 0.158. The van der Waals surface area contributed by atoms with Crippen molar-refractivity contribution in [2.75, 3.05) is 21.3 Å². The van der Waals surface area contributed by atoms with Gasteiger partial charge in [0, 0.05) is 19.2 Å². The fourth-order valence-electron chi connectivity index (χ4n) is 2.62. The van der Waals surface area contributed by atoms with Crippen LogP contribution in [0, 0.1) is 10.1 Å². The Balaban J connectivity index is 1.90. The molecule has 1 amide bonds. The van der Waals surface area contributed by atoms with Gasteiger partial charge in [-0.1, -0.05) is 6.07 Å². The van der Waals surface area contributed by atoms with E-state index in [1.165, 1.54) is 21.3 Å². The predicted octanol–water partition coefficient (Wildman–Crippen LogP) is 2.90. The number of hydrogen-bond acceptors (Lipinski definition) is 8. The van der Waals surface area contributed by atoms with Crippen LogP contribution < -0.4 is 9.47 Å². The van der Waals surface area contributed by atoms with Crippen LogP contribution in [0.25, 0.3) is 6.08 Å². The van der Waals surface area contributed by atoms with Gasteiger partial charge in [0.2, 0.25) is 0 Å². The number of methoxy groups -OCH3 is 2. The molecular formula is C19H17N3O7S2. The number of nitro groups is 1. The quantitative estimate of drug-likeness (QED) is 0.363. The van der Waals surface area contributed by atoms with Crippen molar-refractivity contribution in [3.05, 3.63) is 63.0 Å². The van der Waals surface area contributed by atoms with Gasteiger partial charge in [0.05, 0.1) is 28.9 Å². The molecule has 1 aliphatic rings. The first-order valence-corrected chi connectivity index (χ1v) is 10.9. The van der Waals surface area contributed by atoms with Gasteiger partial charge in [-0.3, -0.25) is 19.8 Å². The molecule has 1 aliphatic heterocycles. The van der Waals surface area contributed by atoms with E-state index in [-0.39, 0.29) is 20.7 Å². The van der Waals surface area contributed by atoms with Gasteiger partial charge in [0.1, 0.15) is 0 Å². The van der Waals surface area contributed by atoms with Crippen LogP contribution in [0.5, 0.6) is 11.5 Å². The number of hydrogen-bond donors (Lipinski definition) is 0. The zero-order valence-corrected chi connectivity index (χ0v) is 18.3. The van der Waals surface area contributed by atoms with E-state index in [1.807, 2.05) is 0 Å². The second kappa shape index (κ2) is 8.78. The van der Waals surface area contributed by atoms with Crippen LogP contribution in [0.1, 0.15) is 5.56 Å². The minimum absolute atomic E-state index is 0.0323. The highest BCUT2D eigenvalue weighted by molar-refractivity contribution is 8.19. The van der Waals surface area contributed by atoms with Crippen LogP contribution in [-0.2, 0) is 14.8 Å². The molecule has 0 N–H and O–H groups in total. The number of nitrogens with zero attached hydrogens (tertiary/aromatic N) is 3. The lowest BCUT2D eigenvalue weighted by Gasteiger charge is -2.08. The molecule has 0 atom stereocenters. The zero-order chi connectivity index (χ0) is 22.8. The normalized spacial score (nSPS) is 16.7. The number of amidine groups is 1. The number of nitro benzene ring substituents is 1. The summed E-state index contributed by atoms with van der Waals surface area (Å²) in [5, 5.41) is 10.7. The topological polar surface area (TPSA) is 128 Å².